The number of fused-ring (bicyclic) bond motifs is 1. The molecule has 1 aromatic carbocycles. The highest BCUT2D eigenvalue weighted by atomic mass is 35.5. The lowest BCUT2D eigenvalue weighted by molar-refractivity contribution is 0.100. The minimum Gasteiger partial charge on any atom is -0.368 e. The zero-order chi connectivity index (χ0) is 16.8. The Bertz CT molecular complexity index is 759. The van der Waals surface area contributed by atoms with E-state index in [1.54, 1.807) is 0 Å². The number of nitrogens with zero attached hydrogens (tertiary/aromatic N) is 1. The summed E-state index contributed by atoms with van der Waals surface area (Å²) in [6.07, 6.45) is 1.62. The van der Waals surface area contributed by atoms with Gasteiger partial charge in [-0.25, -0.2) is 0 Å². The summed E-state index contributed by atoms with van der Waals surface area (Å²) in [5.41, 5.74) is 11.4. The molecular formula is C13H16ClN3O5S. The Kier molecular flexibility index (Phi) is 4.03. The number of hydrogen-bond donors (Lipinski definition) is 2. The molecule has 3 rings (SSSR count). The average molecular weight is 362 g/mol. The summed E-state index contributed by atoms with van der Waals surface area (Å²) in [7, 11) is -4.20. The van der Waals surface area contributed by atoms with Crippen LogP contribution in [0.15, 0.2) is 6.07 Å². The number of hydrogen-bond acceptors (Lipinski definition) is 7. The highest BCUT2D eigenvalue weighted by Gasteiger charge is 2.37. The SMILES string of the molecule is NCC1CCN(c2c3c(cc(Cl)c2C(N)=O)OS(=O)(=O)O3)CC1. The number of rotatable bonds is 3. The largest absolute Gasteiger partial charge is 0.501 e. The number of carbonyl (C=O) groups is 1. The van der Waals surface area contributed by atoms with Gasteiger partial charge in [-0.2, -0.15) is 0 Å². The third kappa shape index (κ3) is 2.91. The van der Waals surface area contributed by atoms with E-state index in [4.69, 9.17) is 31.4 Å². The summed E-state index contributed by atoms with van der Waals surface area (Å²) in [6, 6.07) is 1.22. The topological polar surface area (TPSA) is 125 Å². The molecule has 2 aliphatic rings. The first-order chi connectivity index (χ1) is 10.8. The molecule has 1 aromatic rings. The Hall–Kier alpha value is -1.71. The van der Waals surface area contributed by atoms with Crippen molar-refractivity contribution >= 4 is 33.6 Å². The predicted octanol–water partition coefficient (Wildman–Crippen LogP) is 0.630. The van der Waals surface area contributed by atoms with E-state index in [9.17, 15) is 13.2 Å². The summed E-state index contributed by atoms with van der Waals surface area (Å²) in [6.45, 7) is 1.74. The highest BCUT2D eigenvalue weighted by molar-refractivity contribution is 7.82. The van der Waals surface area contributed by atoms with Crippen LogP contribution in [0.1, 0.15) is 23.2 Å². The number of amides is 1. The van der Waals surface area contributed by atoms with Gasteiger partial charge in [0.2, 0.25) is 5.75 Å². The minimum atomic E-state index is -4.20. The predicted molar refractivity (Wildman–Crippen MR) is 84.1 cm³/mol. The highest BCUT2D eigenvalue weighted by Crippen LogP contribution is 2.49. The maximum atomic E-state index is 11.8. The van der Waals surface area contributed by atoms with Crippen molar-refractivity contribution in [1.29, 1.82) is 0 Å². The Morgan fingerprint density at radius 1 is 1.35 bits per heavy atom. The van der Waals surface area contributed by atoms with Crippen LogP contribution in [0.3, 0.4) is 0 Å². The third-order valence-corrected chi connectivity index (χ3v) is 5.11. The summed E-state index contributed by atoms with van der Waals surface area (Å²) >= 11 is 6.10. The first-order valence-electron chi connectivity index (χ1n) is 7.07. The van der Waals surface area contributed by atoms with Gasteiger partial charge in [-0.15, -0.1) is 8.42 Å². The van der Waals surface area contributed by atoms with Gasteiger partial charge in [0, 0.05) is 19.2 Å². The molecular weight excluding hydrogens is 346 g/mol. The first-order valence-corrected chi connectivity index (χ1v) is 8.78. The molecule has 0 spiro atoms. The lowest BCUT2D eigenvalue weighted by Crippen LogP contribution is -2.37. The van der Waals surface area contributed by atoms with E-state index in [1.807, 2.05) is 4.90 Å². The van der Waals surface area contributed by atoms with Gasteiger partial charge in [0.25, 0.3) is 5.91 Å². The van der Waals surface area contributed by atoms with E-state index >= 15 is 0 Å². The number of primary amides is 1. The van der Waals surface area contributed by atoms with Crippen molar-refractivity contribution in [2.24, 2.45) is 17.4 Å². The number of piperidine rings is 1. The van der Waals surface area contributed by atoms with Crippen LogP contribution in [0.5, 0.6) is 11.5 Å². The van der Waals surface area contributed by atoms with Crippen LogP contribution in [0.2, 0.25) is 5.02 Å². The molecule has 0 aromatic heterocycles. The molecule has 10 heteroatoms. The molecule has 0 atom stereocenters. The number of nitrogens with two attached hydrogens (primary N) is 2. The average Bonchev–Trinajstić information content (AvgIpc) is 2.79. The second-order valence-corrected chi connectivity index (χ2v) is 7.07. The van der Waals surface area contributed by atoms with Gasteiger partial charge in [-0.3, -0.25) is 4.79 Å². The number of halogens is 1. The molecule has 0 saturated carbocycles. The van der Waals surface area contributed by atoms with Gasteiger partial charge in [0.15, 0.2) is 5.75 Å². The molecule has 0 bridgehead atoms. The van der Waals surface area contributed by atoms with E-state index < -0.39 is 16.3 Å². The Morgan fingerprint density at radius 3 is 2.57 bits per heavy atom. The molecule has 1 fully saturated rings. The smallest absolute Gasteiger partial charge is 0.368 e. The second-order valence-electron chi connectivity index (χ2n) is 5.51. The molecule has 1 amide bonds. The summed E-state index contributed by atoms with van der Waals surface area (Å²) in [4.78, 5) is 13.6. The molecule has 2 heterocycles. The fourth-order valence-electron chi connectivity index (χ4n) is 2.90. The van der Waals surface area contributed by atoms with Crippen molar-refractivity contribution in [3.63, 3.8) is 0 Å². The van der Waals surface area contributed by atoms with E-state index in [2.05, 4.69) is 0 Å². The van der Waals surface area contributed by atoms with Crippen LogP contribution < -0.4 is 24.7 Å². The molecule has 4 N–H and O–H groups in total. The molecule has 0 aliphatic carbocycles. The van der Waals surface area contributed by atoms with E-state index in [-0.39, 0.29) is 27.8 Å². The number of benzene rings is 1. The third-order valence-electron chi connectivity index (χ3n) is 4.06. The Labute approximate surface area is 138 Å². The summed E-state index contributed by atoms with van der Waals surface area (Å²) < 4.78 is 32.8. The van der Waals surface area contributed by atoms with Gasteiger partial charge in [0.1, 0.15) is 0 Å². The van der Waals surface area contributed by atoms with Crippen LogP contribution >= 0.6 is 11.6 Å². The maximum absolute atomic E-state index is 11.8. The number of anilines is 1. The van der Waals surface area contributed by atoms with E-state index in [0.29, 0.717) is 25.6 Å². The standard InChI is InChI=1S/C13H16ClN3O5S/c14-8-5-9-12(22-23(19,20)21-9)11(10(8)13(16)18)17-3-1-7(6-15)2-4-17/h5,7H,1-4,6,15H2,(H2,16,18). The quantitative estimate of drug-likeness (QED) is 0.808. The molecule has 0 unspecified atom stereocenters. The van der Waals surface area contributed by atoms with Gasteiger partial charge in [0.05, 0.1) is 16.3 Å². The fourth-order valence-corrected chi connectivity index (χ4v) is 3.92. The monoisotopic (exact) mass is 361 g/mol. The second kappa shape index (κ2) is 5.73. The molecule has 8 nitrogen and oxygen atoms in total. The molecule has 23 heavy (non-hydrogen) atoms. The van der Waals surface area contributed by atoms with Crippen molar-refractivity contribution in [2.45, 2.75) is 12.8 Å². The molecule has 0 radical (unpaired) electrons. The van der Waals surface area contributed by atoms with Crippen LogP contribution in [-0.2, 0) is 10.4 Å². The lowest BCUT2D eigenvalue weighted by atomic mass is 9.96. The van der Waals surface area contributed by atoms with Gasteiger partial charge in [-0.05, 0) is 25.3 Å². The van der Waals surface area contributed by atoms with Crippen molar-refractivity contribution < 1.29 is 21.6 Å². The van der Waals surface area contributed by atoms with Crippen LogP contribution in [-0.4, -0.2) is 34.0 Å². The summed E-state index contributed by atoms with van der Waals surface area (Å²) in [5.74, 6) is -0.469. The minimum absolute atomic E-state index is 0.0212. The van der Waals surface area contributed by atoms with E-state index in [0.717, 1.165) is 12.8 Å². The maximum Gasteiger partial charge on any atom is 0.501 e. The molecule has 1 saturated heterocycles. The van der Waals surface area contributed by atoms with Crippen molar-refractivity contribution in [2.75, 3.05) is 24.5 Å². The molecule has 2 aliphatic heterocycles. The summed E-state index contributed by atoms with van der Waals surface area (Å²) in [5, 5.41) is 0.0212. The van der Waals surface area contributed by atoms with Crippen LogP contribution in [0.4, 0.5) is 5.69 Å². The Balaban J connectivity index is 2.10. The van der Waals surface area contributed by atoms with E-state index in [1.165, 1.54) is 6.07 Å². The van der Waals surface area contributed by atoms with Crippen LogP contribution in [0, 0.1) is 5.92 Å². The number of carbonyl (C=O) groups excluding carboxylic acids is 1. The van der Waals surface area contributed by atoms with Gasteiger partial charge < -0.3 is 24.7 Å². The van der Waals surface area contributed by atoms with Gasteiger partial charge in [-0.1, -0.05) is 11.6 Å². The van der Waals surface area contributed by atoms with Crippen molar-refractivity contribution in [1.82, 2.24) is 0 Å². The lowest BCUT2D eigenvalue weighted by Gasteiger charge is -2.34. The normalized spacial score (nSPS) is 19.8. The van der Waals surface area contributed by atoms with Gasteiger partial charge >= 0.3 is 10.4 Å². The van der Waals surface area contributed by atoms with Crippen LogP contribution in [0.25, 0.3) is 0 Å². The van der Waals surface area contributed by atoms with Crippen molar-refractivity contribution in [3.8, 4) is 11.5 Å². The van der Waals surface area contributed by atoms with Crippen molar-refractivity contribution in [3.05, 3.63) is 16.7 Å². The zero-order valence-electron chi connectivity index (χ0n) is 12.1. The molecule has 126 valence electrons. The first kappa shape index (κ1) is 16.2. The zero-order valence-corrected chi connectivity index (χ0v) is 13.7. The fraction of sp³-hybridized carbons (Fsp3) is 0.462. The Morgan fingerprint density at radius 2 is 2.00 bits per heavy atom.